The molecule has 0 aromatic heterocycles. The maximum Gasteiger partial charge on any atom is 0.317 e. The summed E-state index contributed by atoms with van der Waals surface area (Å²) in [7, 11) is 1.89. The number of carbonyl (C=O) groups is 1. The van der Waals surface area contributed by atoms with Crippen LogP contribution in [0, 0.1) is 5.92 Å². The van der Waals surface area contributed by atoms with Gasteiger partial charge in [0.2, 0.25) is 0 Å². The maximum atomic E-state index is 11.4. The second-order valence-corrected chi connectivity index (χ2v) is 5.41. The van der Waals surface area contributed by atoms with Crippen LogP contribution in [0.4, 0.5) is 4.79 Å². The first kappa shape index (κ1) is 9.19. The molecule has 13 heavy (non-hydrogen) atoms. The molecule has 2 aliphatic rings. The Hall–Kier alpha value is -0.380. The van der Waals surface area contributed by atoms with Crippen molar-refractivity contribution in [2.24, 2.45) is 5.92 Å². The number of carbonyl (C=O) groups excluding carboxylic acids is 1. The predicted octanol–water partition coefficient (Wildman–Crippen LogP) is 1.15. The van der Waals surface area contributed by atoms with Gasteiger partial charge in [-0.3, -0.25) is 0 Å². The zero-order valence-electron chi connectivity index (χ0n) is 8.28. The van der Waals surface area contributed by atoms with Crippen LogP contribution < -0.4 is 5.32 Å². The van der Waals surface area contributed by atoms with Gasteiger partial charge in [0.1, 0.15) is 0 Å². The van der Waals surface area contributed by atoms with Crippen molar-refractivity contribution < 1.29 is 4.79 Å². The van der Waals surface area contributed by atoms with E-state index in [0.717, 1.165) is 5.75 Å². The monoisotopic (exact) mass is 200 g/mol. The molecule has 0 radical (unpaired) electrons. The van der Waals surface area contributed by atoms with Crippen molar-refractivity contribution in [2.75, 3.05) is 12.8 Å². The number of nitrogens with zero attached hydrogens (tertiary/aromatic N) is 1. The molecular formula is C9H16N2OS. The number of hydrogen-bond acceptors (Lipinski definition) is 2. The highest BCUT2D eigenvalue weighted by Crippen LogP contribution is 2.37. The van der Waals surface area contributed by atoms with Gasteiger partial charge < -0.3 is 10.2 Å². The first-order valence-corrected chi connectivity index (χ1v) is 5.81. The molecule has 2 heterocycles. The number of likely N-dealkylation sites (N-methyl/N-ethyl adjacent to an activating group) is 1. The van der Waals surface area contributed by atoms with Gasteiger partial charge in [0.25, 0.3) is 0 Å². The number of rotatable bonds is 1. The summed E-state index contributed by atoms with van der Waals surface area (Å²) in [5.74, 6) is 1.73. The van der Waals surface area contributed by atoms with E-state index in [9.17, 15) is 4.79 Å². The molecule has 0 saturated carbocycles. The van der Waals surface area contributed by atoms with E-state index >= 15 is 0 Å². The average molecular weight is 200 g/mol. The molecule has 0 spiro atoms. The molecule has 0 aromatic rings. The van der Waals surface area contributed by atoms with Crippen LogP contribution in [-0.2, 0) is 0 Å². The van der Waals surface area contributed by atoms with Crippen LogP contribution in [0.2, 0.25) is 0 Å². The van der Waals surface area contributed by atoms with E-state index in [4.69, 9.17) is 0 Å². The summed E-state index contributed by atoms with van der Waals surface area (Å²) in [6.45, 7) is 4.45. The summed E-state index contributed by atoms with van der Waals surface area (Å²) in [4.78, 5) is 13.2. The van der Waals surface area contributed by atoms with Crippen molar-refractivity contribution in [3.8, 4) is 0 Å². The fraction of sp³-hybridized carbons (Fsp3) is 0.889. The van der Waals surface area contributed by atoms with Crippen LogP contribution in [-0.4, -0.2) is 41.1 Å². The number of amides is 2. The van der Waals surface area contributed by atoms with Crippen molar-refractivity contribution in [1.29, 1.82) is 0 Å². The molecule has 0 aromatic carbocycles. The molecule has 74 valence electrons. The smallest absolute Gasteiger partial charge is 0.317 e. The molecule has 1 N–H and O–H groups in total. The number of urea groups is 1. The molecule has 2 fully saturated rings. The maximum absolute atomic E-state index is 11.4. The Morgan fingerprint density at radius 1 is 1.62 bits per heavy atom. The van der Waals surface area contributed by atoms with E-state index in [-0.39, 0.29) is 6.03 Å². The van der Waals surface area contributed by atoms with Gasteiger partial charge in [0, 0.05) is 18.1 Å². The summed E-state index contributed by atoms with van der Waals surface area (Å²) in [5.41, 5.74) is 0. The van der Waals surface area contributed by atoms with Gasteiger partial charge in [-0.2, -0.15) is 11.8 Å². The highest BCUT2D eigenvalue weighted by molar-refractivity contribution is 8.00. The highest BCUT2D eigenvalue weighted by Gasteiger charge is 2.47. The van der Waals surface area contributed by atoms with E-state index in [2.05, 4.69) is 19.2 Å². The lowest BCUT2D eigenvalue weighted by Crippen LogP contribution is -2.39. The predicted molar refractivity (Wildman–Crippen MR) is 55.0 cm³/mol. The second kappa shape index (κ2) is 3.08. The Morgan fingerprint density at radius 2 is 2.31 bits per heavy atom. The van der Waals surface area contributed by atoms with Crippen LogP contribution in [0.25, 0.3) is 0 Å². The Balaban J connectivity index is 2.13. The number of nitrogens with one attached hydrogen (secondary N) is 1. The Kier molecular flexibility index (Phi) is 2.18. The summed E-state index contributed by atoms with van der Waals surface area (Å²) in [6, 6.07) is 0.897. The standard InChI is InChI=1S/C9H16N2OS/c1-5(2)8-7-6(4-13-8)11(3)9(12)10-7/h5-8H,4H2,1-3H3,(H,10,12)/t6-,7-,8-/m0/s1. The van der Waals surface area contributed by atoms with Gasteiger partial charge in [-0.05, 0) is 5.92 Å². The SMILES string of the molecule is CC(C)[C@@H]1SC[C@H]2[C@@H]1NC(=O)N2C. The van der Waals surface area contributed by atoms with Gasteiger partial charge in [-0.25, -0.2) is 4.79 Å². The van der Waals surface area contributed by atoms with Gasteiger partial charge in [0.15, 0.2) is 0 Å². The van der Waals surface area contributed by atoms with Gasteiger partial charge in [-0.1, -0.05) is 13.8 Å². The van der Waals surface area contributed by atoms with E-state index < -0.39 is 0 Å². The first-order chi connectivity index (χ1) is 6.11. The van der Waals surface area contributed by atoms with Crippen LogP contribution in [0.5, 0.6) is 0 Å². The molecule has 3 nitrogen and oxygen atoms in total. The fourth-order valence-electron chi connectivity index (χ4n) is 2.17. The summed E-state index contributed by atoms with van der Waals surface area (Å²) in [5, 5.41) is 3.66. The Bertz CT molecular complexity index is 232. The lowest BCUT2D eigenvalue weighted by atomic mass is 9.99. The van der Waals surface area contributed by atoms with Crippen LogP contribution in [0.15, 0.2) is 0 Å². The number of hydrogen-bond donors (Lipinski definition) is 1. The molecular weight excluding hydrogens is 184 g/mol. The summed E-state index contributed by atoms with van der Waals surface area (Å²) >= 11 is 1.99. The number of fused-ring (bicyclic) bond motifs is 1. The van der Waals surface area contributed by atoms with E-state index in [1.165, 1.54) is 0 Å². The molecule has 4 heteroatoms. The third kappa shape index (κ3) is 1.31. The topological polar surface area (TPSA) is 32.3 Å². The van der Waals surface area contributed by atoms with Crippen LogP contribution >= 0.6 is 11.8 Å². The molecule has 3 atom stereocenters. The molecule has 0 bridgehead atoms. The molecule has 2 saturated heterocycles. The minimum atomic E-state index is 0.0981. The van der Waals surface area contributed by atoms with E-state index in [0.29, 0.717) is 23.3 Å². The Morgan fingerprint density at radius 3 is 2.92 bits per heavy atom. The largest absolute Gasteiger partial charge is 0.332 e. The molecule has 2 aliphatic heterocycles. The lowest BCUT2D eigenvalue weighted by molar-refractivity contribution is 0.219. The van der Waals surface area contributed by atoms with Crippen molar-refractivity contribution in [1.82, 2.24) is 10.2 Å². The van der Waals surface area contributed by atoms with Crippen LogP contribution in [0.1, 0.15) is 13.8 Å². The normalized spacial score (nSPS) is 38.3. The summed E-state index contributed by atoms with van der Waals surface area (Å²) < 4.78 is 0. The third-order valence-corrected chi connectivity index (χ3v) is 4.75. The molecule has 0 aliphatic carbocycles. The van der Waals surface area contributed by atoms with Gasteiger partial charge >= 0.3 is 6.03 Å². The van der Waals surface area contributed by atoms with Gasteiger partial charge in [-0.15, -0.1) is 0 Å². The van der Waals surface area contributed by atoms with E-state index in [1.807, 2.05) is 23.7 Å². The quantitative estimate of drug-likeness (QED) is 0.644. The molecule has 0 unspecified atom stereocenters. The van der Waals surface area contributed by atoms with Crippen molar-refractivity contribution in [3.63, 3.8) is 0 Å². The zero-order chi connectivity index (χ0) is 9.59. The highest BCUT2D eigenvalue weighted by atomic mass is 32.2. The minimum absolute atomic E-state index is 0.0981. The van der Waals surface area contributed by atoms with Crippen LogP contribution in [0.3, 0.4) is 0 Å². The first-order valence-electron chi connectivity index (χ1n) is 4.76. The Labute approximate surface area is 83.2 Å². The summed E-state index contributed by atoms with van der Waals surface area (Å²) in [6.07, 6.45) is 0. The lowest BCUT2D eigenvalue weighted by Gasteiger charge is -2.20. The zero-order valence-corrected chi connectivity index (χ0v) is 9.10. The minimum Gasteiger partial charge on any atom is -0.332 e. The number of thioether (sulfide) groups is 1. The van der Waals surface area contributed by atoms with E-state index in [1.54, 1.807) is 0 Å². The average Bonchev–Trinajstić information content (AvgIpc) is 2.55. The fourth-order valence-corrected chi connectivity index (χ4v) is 3.86. The molecule has 2 amide bonds. The third-order valence-electron chi connectivity index (χ3n) is 2.99. The van der Waals surface area contributed by atoms with Crippen molar-refractivity contribution >= 4 is 17.8 Å². The second-order valence-electron chi connectivity index (χ2n) is 4.20. The molecule has 2 rings (SSSR count). The van der Waals surface area contributed by atoms with Crippen molar-refractivity contribution in [3.05, 3.63) is 0 Å². The van der Waals surface area contributed by atoms with Crippen molar-refractivity contribution in [2.45, 2.75) is 31.2 Å². The van der Waals surface area contributed by atoms with Gasteiger partial charge in [0.05, 0.1) is 12.1 Å².